The molecule has 2 unspecified atom stereocenters. The van der Waals surface area contributed by atoms with E-state index in [2.05, 4.69) is 56.7 Å². The summed E-state index contributed by atoms with van der Waals surface area (Å²) in [5.74, 6) is 0.677. The van der Waals surface area contributed by atoms with E-state index in [1.54, 1.807) is 11.3 Å². The van der Waals surface area contributed by atoms with Gasteiger partial charge in [0.15, 0.2) is 0 Å². The molecule has 4 heteroatoms. The zero-order valence-corrected chi connectivity index (χ0v) is 14.5. The molecule has 0 bridgehead atoms. The number of nitrogens with zero attached hydrogens (tertiary/aromatic N) is 2. The number of piperazine rings is 1. The van der Waals surface area contributed by atoms with Gasteiger partial charge in [0.05, 0.1) is 11.2 Å². The van der Waals surface area contributed by atoms with Crippen molar-refractivity contribution in [3.8, 4) is 0 Å². The van der Waals surface area contributed by atoms with E-state index in [0.717, 1.165) is 19.6 Å². The van der Waals surface area contributed by atoms with Crippen LogP contribution >= 0.6 is 11.3 Å². The normalized spacial score (nSPS) is 25.4. The molecule has 0 radical (unpaired) electrons. The lowest BCUT2D eigenvalue weighted by atomic mass is 9.83. The van der Waals surface area contributed by atoms with Gasteiger partial charge in [0.1, 0.15) is 0 Å². The van der Waals surface area contributed by atoms with E-state index in [4.69, 9.17) is 0 Å². The topological polar surface area (TPSA) is 28.2 Å². The van der Waals surface area contributed by atoms with Crippen molar-refractivity contribution in [3.63, 3.8) is 0 Å². The summed E-state index contributed by atoms with van der Waals surface area (Å²) < 4.78 is 0. The first kappa shape index (κ1) is 15.9. The van der Waals surface area contributed by atoms with E-state index < -0.39 is 0 Å². The minimum Gasteiger partial charge on any atom is -0.311 e. The molecule has 1 fully saturated rings. The Morgan fingerprint density at radius 3 is 2.65 bits per heavy atom. The summed E-state index contributed by atoms with van der Waals surface area (Å²) in [6.07, 6.45) is 0. The van der Waals surface area contributed by atoms with Crippen molar-refractivity contribution >= 4 is 11.3 Å². The number of rotatable bonds is 3. The van der Waals surface area contributed by atoms with Crippen LogP contribution in [0.3, 0.4) is 0 Å². The standard InChI is InChI=1S/C16H29N3S/c1-11(2)13-7-17-15(16(4,5)6)9-19(13)8-14-12(3)18-10-20-14/h10-11,13,15,17H,7-9H2,1-6H3. The molecule has 114 valence electrons. The Morgan fingerprint density at radius 1 is 1.45 bits per heavy atom. The Morgan fingerprint density at radius 2 is 2.15 bits per heavy atom. The summed E-state index contributed by atoms with van der Waals surface area (Å²) in [6, 6.07) is 1.18. The van der Waals surface area contributed by atoms with E-state index in [1.165, 1.54) is 10.6 Å². The molecule has 2 heterocycles. The second kappa shape index (κ2) is 6.12. The molecule has 1 aromatic heterocycles. The third kappa shape index (κ3) is 3.60. The van der Waals surface area contributed by atoms with Crippen LogP contribution in [0.15, 0.2) is 5.51 Å². The largest absolute Gasteiger partial charge is 0.311 e. The third-order valence-electron chi connectivity index (χ3n) is 4.47. The van der Waals surface area contributed by atoms with Gasteiger partial charge in [-0.15, -0.1) is 11.3 Å². The summed E-state index contributed by atoms with van der Waals surface area (Å²) in [5.41, 5.74) is 3.48. The molecule has 1 N–H and O–H groups in total. The number of nitrogens with one attached hydrogen (secondary N) is 1. The van der Waals surface area contributed by atoms with Gasteiger partial charge in [-0.1, -0.05) is 34.6 Å². The molecule has 1 aliphatic heterocycles. The molecule has 3 nitrogen and oxygen atoms in total. The summed E-state index contributed by atoms with van der Waals surface area (Å²) in [7, 11) is 0. The summed E-state index contributed by atoms with van der Waals surface area (Å²) >= 11 is 1.79. The Bertz CT molecular complexity index is 433. The summed E-state index contributed by atoms with van der Waals surface area (Å²) in [6.45, 7) is 17.0. The SMILES string of the molecule is Cc1ncsc1CN1CC(C(C)(C)C)NCC1C(C)C. The Labute approximate surface area is 127 Å². The fourth-order valence-electron chi connectivity index (χ4n) is 2.91. The third-order valence-corrected chi connectivity index (χ3v) is 5.39. The molecule has 0 aromatic carbocycles. The van der Waals surface area contributed by atoms with Crippen molar-refractivity contribution in [2.45, 2.75) is 60.2 Å². The average molecular weight is 295 g/mol. The fraction of sp³-hybridized carbons (Fsp3) is 0.812. The molecule has 1 aromatic rings. The minimum atomic E-state index is 0.308. The quantitative estimate of drug-likeness (QED) is 0.927. The highest BCUT2D eigenvalue weighted by Gasteiger charge is 2.35. The maximum absolute atomic E-state index is 4.40. The molecule has 1 saturated heterocycles. The predicted molar refractivity (Wildman–Crippen MR) is 87.1 cm³/mol. The van der Waals surface area contributed by atoms with Crippen LogP contribution in [0.25, 0.3) is 0 Å². The molecule has 0 aliphatic carbocycles. The van der Waals surface area contributed by atoms with Crippen LogP contribution < -0.4 is 5.32 Å². The molecule has 1 aliphatic rings. The maximum atomic E-state index is 4.40. The summed E-state index contributed by atoms with van der Waals surface area (Å²) in [4.78, 5) is 8.48. The van der Waals surface area contributed by atoms with Crippen molar-refractivity contribution in [2.24, 2.45) is 11.3 Å². The van der Waals surface area contributed by atoms with Crippen molar-refractivity contribution < 1.29 is 0 Å². The van der Waals surface area contributed by atoms with Gasteiger partial charge in [0.25, 0.3) is 0 Å². The molecule has 2 rings (SSSR count). The fourth-order valence-corrected chi connectivity index (χ4v) is 3.71. The second-order valence-corrected chi connectivity index (χ2v) is 8.37. The van der Waals surface area contributed by atoms with E-state index in [0.29, 0.717) is 23.4 Å². The van der Waals surface area contributed by atoms with Crippen molar-refractivity contribution in [1.82, 2.24) is 15.2 Å². The maximum Gasteiger partial charge on any atom is 0.0798 e. The van der Waals surface area contributed by atoms with Crippen LogP contribution in [0, 0.1) is 18.3 Å². The Kier molecular flexibility index (Phi) is 4.88. The van der Waals surface area contributed by atoms with Gasteiger partial charge in [-0.2, -0.15) is 0 Å². The van der Waals surface area contributed by atoms with Crippen LogP contribution in [0.5, 0.6) is 0 Å². The van der Waals surface area contributed by atoms with E-state index in [1.807, 2.05) is 5.51 Å². The van der Waals surface area contributed by atoms with Crippen LogP contribution in [0.2, 0.25) is 0 Å². The lowest BCUT2D eigenvalue weighted by Gasteiger charge is -2.46. The Balaban J connectivity index is 2.13. The smallest absolute Gasteiger partial charge is 0.0798 e. The lowest BCUT2D eigenvalue weighted by molar-refractivity contribution is 0.0578. The van der Waals surface area contributed by atoms with E-state index in [9.17, 15) is 0 Å². The Hall–Kier alpha value is -0.450. The average Bonchev–Trinajstić information content (AvgIpc) is 2.73. The summed E-state index contributed by atoms with van der Waals surface area (Å²) in [5, 5.41) is 3.76. The number of thiazole rings is 1. The number of aromatic nitrogens is 1. The molecular formula is C16H29N3S. The van der Waals surface area contributed by atoms with Gasteiger partial charge in [0, 0.05) is 36.6 Å². The highest BCUT2D eigenvalue weighted by atomic mass is 32.1. The van der Waals surface area contributed by atoms with Crippen LogP contribution in [0.4, 0.5) is 0 Å². The molecule has 2 atom stereocenters. The van der Waals surface area contributed by atoms with Crippen LogP contribution in [-0.2, 0) is 6.54 Å². The zero-order valence-electron chi connectivity index (χ0n) is 13.7. The van der Waals surface area contributed by atoms with E-state index in [-0.39, 0.29) is 0 Å². The molecular weight excluding hydrogens is 266 g/mol. The van der Waals surface area contributed by atoms with Gasteiger partial charge >= 0.3 is 0 Å². The van der Waals surface area contributed by atoms with Gasteiger partial charge < -0.3 is 5.32 Å². The van der Waals surface area contributed by atoms with Crippen molar-refractivity contribution in [2.75, 3.05) is 13.1 Å². The molecule has 20 heavy (non-hydrogen) atoms. The molecule has 0 amide bonds. The van der Waals surface area contributed by atoms with Crippen molar-refractivity contribution in [1.29, 1.82) is 0 Å². The van der Waals surface area contributed by atoms with Crippen LogP contribution in [-0.4, -0.2) is 35.1 Å². The monoisotopic (exact) mass is 295 g/mol. The lowest BCUT2D eigenvalue weighted by Crippen LogP contribution is -2.61. The molecule has 0 spiro atoms. The van der Waals surface area contributed by atoms with Gasteiger partial charge in [0.2, 0.25) is 0 Å². The number of hydrogen-bond donors (Lipinski definition) is 1. The van der Waals surface area contributed by atoms with Gasteiger partial charge in [-0.3, -0.25) is 4.90 Å². The minimum absolute atomic E-state index is 0.308. The highest BCUT2D eigenvalue weighted by molar-refractivity contribution is 7.09. The van der Waals surface area contributed by atoms with Gasteiger partial charge in [-0.25, -0.2) is 4.98 Å². The highest BCUT2D eigenvalue weighted by Crippen LogP contribution is 2.27. The first-order valence-electron chi connectivity index (χ1n) is 7.65. The van der Waals surface area contributed by atoms with Crippen LogP contribution in [0.1, 0.15) is 45.2 Å². The number of aryl methyl sites for hydroxylation is 1. The van der Waals surface area contributed by atoms with E-state index >= 15 is 0 Å². The second-order valence-electron chi connectivity index (χ2n) is 7.43. The first-order chi connectivity index (χ1) is 9.29. The zero-order chi connectivity index (χ0) is 14.9. The van der Waals surface area contributed by atoms with Crippen molar-refractivity contribution in [3.05, 3.63) is 16.1 Å². The van der Waals surface area contributed by atoms with Gasteiger partial charge in [-0.05, 0) is 18.3 Å². The first-order valence-corrected chi connectivity index (χ1v) is 8.53. The molecule has 0 saturated carbocycles. The number of hydrogen-bond acceptors (Lipinski definition) is 4. The predicted octanol–water partition coefficient (Wildman–Crippen LogP) is 3.30.